The van der Waals surface area contributed by atoms with Gasteiger partial charge in [-0.25, -0.2) is 15.8 Å². The molecule has 0 radical (unpaired) electrons. The summed E-state index contributed by atoms with van der Waals surface area (Å²) in [5, 5.41) is 42.9. The van der Waals surface area contributed by atoms with E-state index in [0.717, 1.165) is 0 Å². The first-order valence-electron chi connectivity index (χ1n) is 6.96. The maximum absolute atomic E-state index is 9.54. The molecule has 0 spiro atoms. The Bertz CT molecular complexity index is 818. The molecule has 0 saturated heterocycles. The summed E-state index contributed by atoms with van der Waals surface area (Å²) in [6.45, 7) is 0. The number of hydrogen-bond donors (Lipinski definition) is 6. The fraction of sp³-hybridized carbons (Fsp3) is 0. The fourth-order valence-corrected chi connectivity index (χ4v) is 1.54. The molecule has 0 heterocycles. The number of nitrogens with zero attached hydrogens (tertiary/aromatic N) is 4. The van der Waals surface area contributed by atoms with Crippen LogP contribution in [-0.2, 0) is 0 Å². The summed E-state index contributed by atoms with van der Waals surface area (Å²) in [5.74, 6) is 0.185. The van der Waals surface area contributed by atoms with Gasteiger partial charge >= 0.3 is 5.09 Å². The standard InChI is InChI=1S/C15H15N5O2.H2NO3/c16-15(19-17-9-11-5-1-3-7-13(11)21)20-18-10-12-6-2-4-8-14(12)22;2-1(3)4/h1-10,21-22H,(H3,16,19,20);(H2,2,3,4)/q;+1/b17-9+,18-10+;. The SMILES string of the molecule is N/C(=N\N=C\c1ccccc1O)N/N=C/c1ccccc1O.O=[N+](O)O. The van der Waals surface area contributed by atoms with Gasteiger partial charge in [0, 0.05) is 11.1 Å². The van der Waals surface area contributed by atoms with Gasteiger partial charge in [-0.15, -0.1) is 5.10 Å². The lowest BCUT2D eigenvalue weighted by molar-refractivity contribution is -0.969. The molecule has 0 saturated carbocycles. The molecule has 11 nitrogen and oxygen atoms in total. The first-order chi connectivity index (χ1) is 12.4. The number of benzene rings is 2. The van der Waals surface area contributed by atoms with Crippen molar-refractivity contribution in [3.63, 3.8) is 0 Å². The van der Waals surface area contributed by atoms with E-state index in [2.05, 4.69) is 20.7 Å². The van der Waals surface area contributed by atoms with Gasteiger partial charge in [0.15, 0.2) is 0 Å². The van der Waals surface area contributed by atoms with Crippen molar-refractivity contribution in [2.75, 3.05) is 0 Å². The van der Waals surface area contributed by atoms with E-state index >= 15 is 0 Å². The van der Waals surface area contributed by atoms with Crippen molar-refractivity contribution in [2.24, 2.45) is 21.0 Å². The average Bonchev–Trinajstić information content (AvgIpc) is 2.58. The first kappa shape index (κ1) is 19.9. The molecular weight excluding hydrogens is 344 g/mol. The molecule has 0 aromatic heterocycles. The van der Waals surface area contributed by atoms with E-state index in [1.807, 2.05) is 0 Å². The molecule has 2 aromatic carbocycles. The van der Waals surface area contributed by atoms with Crippen molar-refractivity contribution in [2.45, 2.75) is 0 Å². The first-order valence-corrected chi connectivity index (χ1v) is 6.96. The Hall–Kier alpha value is -4.15. The highest BCUT2D eigenvalue weighted by Gasteiger charge is 1.95. The van der Waals surface area contributed by atoms with Crippen LogP contribution in [0.2, 0.25) is 0 Å². The summed E-state index contributed by atoms with van der Waals surface area (Å²) in [7, 11) is 0. The monoisotopic (exact) mass is 361 g/mol. The van der Waals surface area contributed by atoms with Gasteiger partial charge in [0.1, 0.15) is 16.4 Å². The third-order valence-electron chi connectivity index (χ3n) is 2.62. The van der Waals surface area contributed by atoms with Crippen LogP contribution in [0.5, 0.6) is 11.5 Å². The largest absolute Gasteiger partial charge is 0.507 e. The van der Waals surface area contributed by atoms with Crippen LogP contribution in [0.25, 0.3) is 0 Å². The van der Waals surface area contributed by atoms with E-state index in [1.54, 1.807) is 48.5 Å². The summed E-state index contributed by atoms with van der Waals surface area (Å²) < 4.78 is 0. The second-order valence-corrected chi connectivity index (χ2v) is 4.47. The maximum Gasteiger partial charge on any atom is 0.472 e. The lowest BCUT2D eigenvalue weighted by Crippen LogP contribution is -2.26. The third-order valence-corrected chi connectivity index (χ3v) is 2.62. The van der Waals surface area contributed by atoms with Gasteiger partial charge in [0.2, 0.25) is 5.96 Å². The molecule has 2 aromatic rings. The number of phenols is 2. The summed E-state index contributed by atoms with van der Waals surface area (Å²) in [6.07, 6.45) is 2.78. The van der Waals surface area contributed by atoms with Crippen molar-refractivity contribution in [1.29, 1.82) is 0 Å². The highest BCUT2D eigenvalue weighted by atomic mass is 16.9. The number of rotatable bonds is 4. The number of nitrogens with one attached hydrogen (secondary N) is 1. The smallest absolute Gasteiger partial charge is 0.472 e. The van der Waals surface area contributed by atoms with Crippen LogP contribution >= 0.6 is 0 Å². The highest BCUT2D eigenvalue weighted by Crippen LogP contribution is 2.13. The van der Waals surface area contributed by atoms with Gasteiger partial charge in [0.25, 0.3) is 0 Å². The molecule has 0 aliphatic heterocycles. The van der Waals surface area contributed by atoms with Crippen LogP contribution in [0, 0.1) is 4.91 Å². The Morgan fingerprint density at radius 2 is 1.42 bits per heavy atom. The van der Waals surface area contributed by atoms with Crippen molar-refractivity contribution >= 4 is 18.4 Å². The highest BCUT2D eigenvalue weighted by molar-refractivity contribution is 5.86. The molecular formula is C15H17N6O5+. The third kappa shape index (κ3) is 7.92. The Kier molecular flexibility index (Phi) is 8.11. The number of phenolic OH excluding ortho intramolecular Hbond substituents is 2. The Balaban J connectivity index is 0.000000765. The summed E-state index contributed by atoms with van der Waals surface area (Å²) in [4.78, 5) is 8.47. The molecule has 0 aliphatic rings. The molecule has 11 heteroatoms. The molecule has 0 unspecified atom stereocenters. The van der Waals surface area contributed by atoms with Crippen LogP contribution in [0.3, 0.4) is 0 Å². The minimum Gasteiger partial charge on any atom is -0.507 e. The number of hydrazone groups is 1. The van der Waals surface area contributed by atoms with E-state index in [4.69, 9.17) is 21.1 Å². The van der Waals surface area contributed by atoms with Crippen molar-refractivity contribution in [1.82, 2.24) is 5.43 Å². The van der Waals surface area contributed by atoms with Gasteiger partial charge in [-0.2, -0.15) is 10.2 Å². The van der Waals surface area contributed by atoms with Crippen LogP contribution in [0.15, 0.2) is 63.8 Å². The van der Waals surface area contributed by atoms with Gasteiger partial charge in [-0.05, 0) is 24.3 Å². The van der Waals surface area contributed by atoms with Crippen molar-refractivity contribution in [3.8, 4) is 11.5 Å². The zero-order chi connectivity index (χ0) is 19.4. The fourth-order valence-electron chi connectivity index (χ4n) is 1.54. The normalized spacial score (nSPS) is 11.2. The van der Waals surface area contributed by atoms with E-state index in [-0.39, 0.29) is 17.5 Å². The average molecular weight is 361 g/mol. The number of hydrogen-bond acceptors (Lipinski definition) is 6. The van der Waals surface area contributed by atoms with Crippen LogP contribution < -0.4 is 11.2 Å². The second kappa shape index (κ2) is 10.6. The number of nitrogens with two attached hydrogens (primary N) is 1. The predicted molar refractivity (Wildman–Crippen MR) is 93.4 cm³/mol. The van der Waals surface area contributed by atoms with Crippen LogP contribution in [0.4, 0.5) is 0 Å². The maximum atomic E-state index is 9.54. The Labute approximate surface area is 147 Å². The molecule has 2 rings (SSSR count). The van der Waals surface area contributed by atoms with E-state index in [1.165, 1.54) is 12.4 Å². The minimum atomic E-state index is -1.25. The number of para-hydroxylation sites is 2. The van der Waals surface area contributed by atoms with Gasteiger partial charge < -0.3 is 15.9 Å². The number of aromatic hydroxyl groups is 2. The van der Waals surface area contributed by atoms with Gasteiger partial charge in [-0.1, -0.05) is 24.3 Å². The lowest BCUT2D eigenvalue weighted by Gasteiger charge is -1.98. The molecule has 0 bridgehead atoms. The lowest BCUT2D eigenvalue weighted by atomic mass is 10.2. The Morgan fingerprint density at radius 1 is 0.962 bits per heavy atom. The molecule has 136 valence electrons. The molecule has 0 fully saturated rings. The molecule has 0 amide bonds. The van der Waals surface area contributed by atoms with E-state index < -0.39 is 5.09 Å². The quantitative estimate of drug-likeness (QED) is 0.266. The summed E-state index contributed by atoms with van der Waals surface area (Å²) in [6, 6.07) is 13.4. The van der Waals surface area contributed by atoms with Gasteiger partial charge in [0.05, 0.1) is 12.4 Å². The zero-order valence-electron chi connectivity index (χ0n) is 13.3. The van der Waals surface area contributed by atoms with Gasteiger partial charge in [-0.3, -0.25) is 0 Å². The molecule has 7 N–H and O–H groups in total. The zero-order valence-corrected chi connectivity index (χ0v) is 13.3. The number of guanidine groups is 1. The minimum absolute atomic E-state index is 0.0293. The van der Waals surface area contributed by atoms with Crippen LogP contribution in [0.1, 0.15) is 11.1 Å². The second-order valence-electron chi connectivity index (χ2n) is 4.47. The summed E-state index contributed by atoms with van der Waals surface area (Å²) >= 11 is 0. The summed E-state index contributed by atoms with van der Waals surface area (Å²) in [5.41, 5.74) is 9.10. The predicted octanol–water partition coefficient (Wildman–Crippen LogP) is 0.914. The Morgan fingerprint density at radius 3 is 1.92 bits per heavy atom. The molecule has 26 heavy (non-hydrogen) atoms. The van der Waals surface area contributed by atoms with Crippen LogP contribution in [-0.4, -0.2) is 44.1 Å². The van der Waals surface area contributed by atoms with Crippen molar-refractivity contribution in [3.05, 3.63) is 64.6 Å². The van der Waals surface area contributed by atoms with E-state index in [9.17, 15) is 10.2 Å². The topological polar surface area (TPSA) is 176 Å². The molecule has 0 atom stereocenters. The van der Waals surface area contributed by atoms with E-state index in [0.29, 0.717) is 11.1 Å². The van der Waals surface area contributed by atoms with Crippen molar-refractivity contribution < 1.29 is 25.7 Å². The molecule has 0 aliphatic carbocycles.